The van der Waals surface area contributed by atoms with E-state index >= 15 is 8.78 Å². The Morgan fingerprint density at radius 2 is 1.61 bits per heavy atom. The van der Waals surface area contributed by atoms with E-state index in [4.69, 9.17) is 4.42 Å². The lowest BCUT2D eigenvalue weighted by Gasteiger charge is -2.54. The van der Waals surface area contributed by atoms with Gasteiger partial charge < -0.3 is 15.1 Å². The molecule has 0 atom stereocenters. The maximum atomic E-state index is 16.5. The second kappa shape index (κ2) is 11.4. The number of hydrogen-bond donors (Lipinski definition) is 2. The molecule has 2 N–H and O–H groups in total. The van der Waals surface area contributed by atoms with Crippen molar-refractivity contribution in [1.82, 2.24) is 25.5 Å². The number of aromatic nitrogens is 2. The summed E-state index contributed by atoms with van der Waals surface area (Å²) >= 11 is 0. The molecular formula is C35H32F3N5O3. The molecule has 6 rings (SSSR count). The van der Waals surface area contributed by atoms with Crippen LogP contribution >= 0.6 is 0 Å². The topological polar surface area (TPSA) is 100 Å². The molecule has 11 heteroatoms. The fourth-order valence-electron chi connectivity index (χ4n) is 5.79. The number of hydrogen-bond acceptors (Lipinski definition) is 6. The lowest BCUT2D eigenvalue weighted by Crippen LogP contribution is -2.72. The lowest BCUT2D eigenvalue weighted by molar-refractivity contribution is -0.0295. The molecule has 0 saturated carbocycles. The summed E-state index contributed by atoms with van der Waals surface area (Å²) in [6.07, 6.45) is 3.20. The van der Waals surface area contributed by atoms with E-state index < -0.39 is 34.8 Å². The molecular weight excluding hydrogens is 595 g/mol. The highest BCUT2D eigenvalue weighted by molar-refractivity contribution is 6.12. The van der Waals surface area contributed by atoms with Gasteiger partial charge in [0.25, 0.3) is 11.8 Å². The van der Waals surface area contributed by atoms with E-state index in [9.17, 15) is 14.0 Å². The van der Waals surface area contributed by atoms with Crippen molar-refractivity contribution < 1.29 is 27.2 Å². The molecule has 0 spiro atoms. The van der Waals surface area contributed by atoms with Crippen LogP contribution in [-0.2, 0) is 5.54 Å². The van der Waals surface area contributed by atoms with Gasteiger partial charge in [-0.2, -0.15) is 0 Å². The smallest absolute Gasteiger partial charge is 0.255 e. The second-order valence-corrected chi connectivity index (χ2v) is 12.5. The number of furan rings is 1. The van der Waals surface area contributed by atoms with E-state index in [1.54, 1.807) is 18.5 Å². The SMILES string of the molecule is CNC(=O)c1c(-c2ccc(F)cc2)oc2ccc(-c3cc(C(=O)NC4(c5ncccn5)CN(C(C)(C)C)C4)cc(F)c3C)c(F)c12. The summed E-state index contributed by atoms with van der Waals surface area (Å²) in [6.45, 7) is 8.57. The number of carbonyl (C=O) groups is 2. The average Bonchev–Trinajstić information content (AvgIpc) is 3.40. The fourth-order valence-corrected chi connectivity index (χ4v) is 5.79. The van der Waals surface area contributed by atoms with E-state index in [0.29, 0.717) is 24.5 Å². The first-order chi connectivity index (χ1) is 21.8. The van der Waals surface area contributed by atoms with Gasteiger partial charge in [0, 0.05) is 54.8 Å². The first-order valence-electron chi connectivity index (χ1n) is 14.7. The van der Waals surface area contributed by atoms with Crippen LogP contribution in [0.3, 0.4) is 0 Å². The summed E-state index contributed by atoms with van der Waals surface area (Å²) < 4.78 is 51.5. The number of nitrogens with one attached hydrogen (secondary N) is 2. The summed E-state index contributed by atoms with van der Waals surface area (Å²) in [6, 6.07) is 12.4. The Hall–Kier alpha value is -5.03. The Morgan fingerprint density at radius 1 is 0.935 bits per heavy atom. The van der Waals surface area contributed by atoms with Crippen LogP contribution < -0.4 is 10.6 Å². The highest BCUT2D eigenvalue weighted by atomic mass is 19.1. The number of nitrogens with zero attached hydrogens (tertiary/aromatic N) is 3. The van der Waals surface area contributed by atoms with Gasteiger partial charge in [0.05, 0.1) is 10.9 Å². The molecule has 0 aliphatic carbocycles. The number of fused-ring (bicyclic) bond motifs is 1. The number of rotatable bonds is 6. The average molecular weight is 628 g/mol. The number of halogens is 3. The zero-order valence-corrected chi connectivity index (χ0v) is 26.0. The third-order valence-corrected chi connectivity index (χ3v) is 8.47. The van der Waals surface area contributed by atoms with Gasteiger partial charge in [-0.05, 0) is 93.4 Å². The predicted octanol–water partition coefficient (Wildman–Crippen LogP) is 6.38. The third-order valence-electron chi connectivity index (χ3n) is 8.47. The first kappa shape index (κ1) is 31.0. The Morgan fingerprint density at radius 3 is 2.24 bits per heavy atom. The molecule has 3 heterocycles. The van der Waals surface area contributed by atoms with Crippen molar-refractivity contribution in [3.05, 3.63) is 107 Å². The molecule has 0 unspecified atom stereocenters. The van der Waals surface area contributed by atoms with Crippen LogP contribution in [0.4, 0.5) is 13.2 Å². The van der Waals surface area contributed by atoms with Gasteiger partial charge in [-0.3, -0.25) is 14.5 Å². The number of amides is 2. The van der Waals surface area contributed by atoms with Crippen molar-refractivity contribution in [3.8, 4) is 22.5 Å². The first-order valence-corrected chi connectivity index (χ1v) is 14.7. The summed E-state index contributed by atoms with van der Waals surface area (Å²) in [5, 5.41) is 5.41. The van der Waals surface area contributed by atoms with Crippen molar-refractivity contribution in [2.75, 3.05) is 20.1 Å². The van der Waals surface area contributed by atoms with Crippen molar-refractivity contribution in [2.45, 2.75) is 38.8 Å². The monoisotopic (exact) mass is 627 g/mol. The molecule has 2 amide bonds. The molecule has 1 fully saturated rings. The molecule has 1 aliphatic rings. The van der Waals surface area contributed by atoms with Gasteiger partial charge in [0.2, 0.25) is 0 Å². The molecule has 236 valence electrons. The van der Waals surface area contributed by atoms with Crippen molar-refractivity contribution in [3.63, 3.8) is 0 Å². The maximum absolute atomic E-state index is 16.5. The summed E-state index contributed by atoms with van der Waals surface area (Å²) in [7, 11) is 1.40. The van der Waals surface area contributed by atoms with Gasteiger partial charge in [-0.25, -0.2) is 23.1 Å². The molecule has 46 heavy (non-hydrogen) atoms. The number of benzene rings is 3. The van der Waals surface area contributed by atoms with Crippen molar-refractivity contribution in [2.24, 2.45) is 0 Å². The van der Waals surface area contributed by atoms with E-state index in [1.807, 2.05) is 0 Å². The lowest BCUT2D eigenvalue weighted by atomic mass is 9.83. The largest absolute Gasteiger partial charge is 0.455 e. The highest BCUT2D eigenvalue weighted by Gasteiger charge is 2.51. The Kier molecular flexibility index (Phi) is 7.68. The molecule has 8 nitrogen and oxygen atoms in total. The van der Waals surface area contributed by atoms with Gasteiger partial charge in [0.15, 0.2) is 5.82 Å². The Balaban J connectivity index is 1.43. The Bertz CT molecular complexity index is 1980. The van der Waals surface area contributed by atoms with Crippen LogP contribution in [0.25, 0.3) is 33.4 Å². The molecule has 5 aromatic rings. The highest BCUT2D eigenvalue weighted by Crippen LogP contribution is 2.40. The maximum Gasteiger partial charge on any atom is 0.255 e. The van der Waals surface area contributed by atoms with E-state index in [2.05, 4.69) is 46.3 Å². The number of likely N-dealkylation sites (tertiary alicyclic amines) is 1. The van der Waals surface area contributed by atoms with Crippen molar-refractivity contribution >= 4 is 22.8 Å². The molecule has 3 aromatic carbocycles. The van der Waals surface area contributed by atoms with Crippen LogP contribution in [0.1, 0.15) is 52.9 Å². The summed E-state index contributed by atoms with van der Waals surface area (Å²) in [5.41, 5.74) is -0.526. The Labute approximate surface area is 263 Å². The van der Waals surface area contributed by atoms with Crippen LogP contribution in [0.2, 0.25) is 0 Å². The molecule has 1 saturated heterocycles. The molecule has 0 bridgehead atoms. The van der Waals surface area contributed by atoms with Crippen LogP contribution in [0.5, 0.6) is 0 Å². The summed E-state index contributed by atoms with van der Waals surface area (Å²) in [4.78, 5) is 37.8. The third kappa shape index (κ3) is 5.30. The summed E-state index contributed by atoms with van der Waals surface area (Å²) in [5.74, 6) is -2.72. The zero-order chi connectivity index (χ0) is 33.0. The molecule has 2 aromatic heterocycles. The van der Waals surface area contributed by atoms with E-state index in [0.717, 1.165) is 6.07 Å². The zero-order valence-electron chi connectivity index (χ0n) is 26.0. The van der Waals surface area contributed by atoms with E-state index in [1.165, 1.54) is 56.4 Å². The standard InChI is InChI=1S/C35H32F3N5O3/c1-19-24(23-11-12-26-27(29(23)38)28(32(45)39-5)30(46-26)20-7-9-22(36)10-8-20)15-21(16-25(19)37)31(44)42-35(33-40-13-6-14-41-33)17-43(18-35)34(2,3)4/h6-16H,17-18H2,1-5H3,(H,39,45)(H,42,44). The molecule has 0 radical (unpaired) electrons. The minimum atomic E-state index is -0.909. The normalized spacial score (nSPS) is 14.6. The predicted molar refractivity (Wildman–Crippen MR) is 168 cm³/mol. The van der Waals surface area contributed by atoms with Gasteiger partial charge in [-0.1, -0.05) is 0 Å². The quantitative estimate of drug-likeness (QED) is 0.227. The van der Waals surface area contributed by atoms with Crippen molar-refractivity contribution in [1.29, 1.82) is 0 Å². The number of carbonyl (C=O) groups excluding carboxylic acids is 2. The van der Waals surface area contributed by atoms with Crippen LogP contribution in [-0.4, -0.2) is 52.4 Å². The fraction of sp³-hybridized carbons (Fsp3) is 0.257. The second-order valence-electron chi connectivity index (χ2n) is 12.5. The minimum Gasteiger partial charge on any atom is -0.455 e. The molecule has 1 aliphatic heterocycles. The van der Waals surface area contributed by atoms with Crippen LogP contribution in [0.15, 0.2) is 71.4 Å². The van der Waals surface area contributed by atoms with Gasteiger partial charge in [-0.15, -0.1) is 0 Å². The van der Waals surface area contributed by atoms with E-state index in [-0.39, 0.29) is 50.1 Å². The van der Waals surface area contributed by atoms with Crippen LogP contribution in [0, 0.1) is 24.4 Å². The van der Waals surface area contributed by atoms with Gasteiger partial charge >= 0.3 is 0 Å². The minimum absolute atomic E-state index is 0.0205. The van der Waals surface area contributed by atoms with Gasteiger partial charge in [0.1, 0.15) is 34.3 Å².